The molecule has 2 aromatic rings. The Morgan fingerprint density at radius 1 is 1.00 bits per heavy atom. The van der Waals surface area contributed by atoms with Gasteiger partial charge in [-0.15, -0.1) is 11.8 Å². The van der Waals surface area contributed by atoms with Gasteiger partial charge in [-0.1, -0.05) is 6.07 Å². The molecular weight excluding hydrogens is 271 g/mol. The average Bonchev–Trinajstić information content (AvgIpc) is 2.40. The van der Waals surface area contributed by atoms with Crippen LogP contribution in [0.1, 0.15) is 11.1 Å². The maximum Gasteiger partial charge on any atom is 0.136 e. The maximum atomic E-state index is 13.6. The highest BCUT2D eigenvalue weighted by atomic mass is 32.2. The molecule has 0 saturated heterocycles. The van der Waals surface area contributed by atoms with Gasteiger partial charge in [0.1, 0.15) is 17.5 Å². The summed E-state index contributed by atoms with van der Waals surface area (Å²) in [4.78, 5) is 0.128. The minimum absolute atomic E-state index is 0.128. The number of thioether (sulfide) groups is 1. The first kappa shape index (κ1) is 13.5. The first-order valence-corrected chi connectivity index (χ1v) is 6.35. The van der Waals surface area contributed by atoms with E-state index in [1.165, 1.54) is 12.1 Å². The van der Waals surface area contributed by atoms with Gasteiger partial charge in [-0.25, -0.2) is 13.2 Å². The molecule has 0 bridgehead atoms. The Morgan fingerprint density at radius 3 is 2.47 bits per heavy atom. The van der Waals surface area contributed by atoms with E-state index < -0.39 is 17.5 Å². The van der Waals surface area contributed by atoms with E-state index in [1.807, 2.05) is 6.07 Å². The fourth-order valence-electron chi connectivity index (χ4n) is 1.48. The van der Waals surface area contributed by atoms with Crippen LogP contribution in [-0.2, 0) is 5.75 Å². The van der Waals surface area contributed by atoms with Crippen molar-refractivity contribution < 1.29 is 13.2 Å². The van der Waals surface area contributed by atoms with Gasteiger partial charge in [-0.2, -0.15) is 5.26 Å². The highest BCUT2D eigenvalue weighted by Gasteiger charge is 2.08. The number of nitrogens with zero attached hydrogens (tertiary/aromatic N) is 1. The van der Waals surface area contributed by atoms with Crippen LogP contribution in [0.3, 0.4) is 0 Å². The van der Waals surface area contributed by atoms with Gasteiger partial charge in [0.2, 0.25) is 0 Å². The topological polar surface area (TPSA) is 23.8 Å². The lowest BCUT2D eigenvalue weighted by atomic mass is 10.1. The van der Waals surface area contributed by atoms with Gasteiger partial charge < -0.3 is 0 Å². The third-order valence-corrected chi connectivity index (χ3v) is 3.54. The van der Waals surface area contributed by atoms with Crippen molar-refractivity contribution in [3.8, 4) is 6.07 Å². The van der Waals surface area contributed by atoms with E-state index >= 15 is 0 Å². The second-order valence-electron chi connectivity index (χ2n) is 3.78. The minimum atomic E-state index is -0.541. The van der Waals surface area contributed by atoms with E-state index in [0.717, 1.165) is 36.0 Å². The molecule has 0 aliphatic carbocycles. The van der Waals surface area contributed by atoms with Crippen LogP contribution < -0.4 is 0 Å². The summed E-state index contributed by atoms with van der Waals surface area (Å²) in [7, 11) is 0. The normalized spacial score (nSPS) is 10.2. The van der Waals surface area contributed by atoms with Crippen LogP contribution >= 0.6 is 11.8 Å². The van der Waals surface area contributed by atoms with Crippen molar-refractivity contribution in [3.05, 3.63) is 65.0 Å². The predicted molar refractivity (Wildman–Crippen MR) is 67.0 cm³/mol. The lowest BCUT2D eigenvalue weighted by Gasteiger charge is -2.05. The second-order valence-corrected chi connectivity index (χ2v) is 4.80. The number of halogens is 3. The summed E-state index contributed by atoms with van der Waals surface area (Å²) in [5.74, 6) is -1.44. The summed E-state index contributed by atoms with van der Waals surface area (Å²) >= 11 is 1.00. The van der Waals surface area contributed by atoms with Gasteiger partial charge in [0.05, 0.1) is 11.6 Å². The van der Waals surface area contributed by atoms with Crippen LogP contribution in [0.15, 0.2) is 41.3 Å². The molecule has 0 radical (unpaired) electrons. The smallest absolute Gasteiger partial charge is 0.136 e. The van der Waals surface area contributed by atoms with Crippen molar-refractivity contribution in [2.45, 2.75) is 10.6 Å². The summed E-state index contributed by atoms with van der Waals surface area (Å²) in [5, 5.41) is 8.61. The Bertz CT molecular complexity index is 650. The summed E-state index contributed by atoms with van der Waals surface area (Å²) < 4.78 is 39.9. The average molecular weight is 279 g/mol. The van der Waals surface area contributed by atoms with E-state index in [9.17, 15) is 13.2 Å². The lowest BCUT2D eigenvalue weighted by Crippen LogP contribution is -1.90. The Morgan fingerprint density at radius 2 is 1.79 bits per heavy atom. The molecular formula is C14H8F3NS. The van der Waals surface area contributed by atoms with E-state index in [4.69, 9.17) is 5.26 Å². The Balaban J connectivity index is 2.15. The standard InChI is InChI=1S/C14H8F3NS/c15-11-3-4-12(16)14(6-11)19-8-10-2-1-9(7-18)5-13(10)17/h1-6H,8H2. The Labute approximate surface area is 112 Å². The van der Waals surface area contributed by atoms with E-state index in [1.54, 1.807) is 0 Å². The van der Waals surface area contributed by atoms with Crippen molar-refractivity contribution in [1.82, 2.24) is 0 Å². The molecule has 2 rings (SSSR count). The third kappa shape index (κ3) is 3.30. The zero-order valence-electron chi connectivity index (χ0n) is 9.66. The monoisotopic (exact) mass is 279 g/mol. The Hall–Kier alpha value is -1.93. The van der Waals surface area contributed by atoms with Gasteiger partial charge in [0.15, 0.2) is 0 Å². The molecule has 0 amide bonds. The summed E-state index contributed by atoms with van der Waals surface area (Å²) in [6.07, 6.45) is 0. The molecule has 19 heavy (non-hydrogen) atoms. The van der Waals surface area contributed by atoms with Crippen molar-refractivity contribution in [1.29, 1.82) is 5.26 Å². The molecule has 0 heterocycles. The molecule has 0 aliphatic rings. The molecule has 2 aromatic carbocycles. The fourth-order valence-corrected chi connectivity index (χ4v) is 2.42. The lowest BCUT2D eigenvalue weighted by molar-refractivity contribution is 0.577. The highest BCUT2D eigenvalue weighted by Crippen LogP contribution is 2.27. The van der Waals surface area contributed by atoms with E-state index in [0.29, 0.717) is 5.56 Å². The quantitative estimate of drug-likeness (QED) is 0.783. The molecule has 96 valence electrons. The minimum Gasteiger partial charge on any atom is -0.207 e. The summed E-state index contributed by atoms with van der Waals surface area (Å²) in [5.41, 5.74) is 0.566. The van der Waals surface area contributed by atoms with E-state index in [2.05, 4.69) is 0 Å². The zero-order chi connectivity index (χ0) is 13.8. The number of hydrogen-bond acceptors (Lipinski definition) is 2. The molecule has 0 saturated carbocycles. The van der Waals surface area contributed by atoms with Gasteiger partial charge in [-0.05, 0) is 35.9 Å². The molecule has 0 atom stereocenters. The largest absolute Gasteiger partial charge is 0.207 e. The van der Waals surface area contributed by atoms with Crippen LogP contribution in [0.4, 0.5) is 13.2 Å². The van der Waals surface area contributed by atoms with Crippen LogP contribution in [-0.4, -0.2) is 0 Å². The number of rotatable bonds is 3. The highest BCUT2D eigenvalue weighted by molar-refractivity contribution is 7.98. The first-order chi connectivity index (χ1) is 9.10. The molecule has 0 N–H and O–H groups in total. The van der Waals surface area contributed by atoms with Crippen molar-refractivity contribution in [2.24, 2.45) is 0 Å². The second kappa shape index (κ2) is 5.81. The van der Waals surface area contributed by atoms with Gasteiger partial charge in [-0.3, -0.25) is 0 Å². The van der Waals surface area contributed by atoms with Crippen molar-refractivity contribution >= 4 is 11.8 Å². The zero-order valence-corrected chi connectivity index (χ0v) is 10.5. The molecule has 0 spiro atoms. The molecule has 0 unspecified atom stereocenters. The van der Waals surface area contributed by atoms with Gasteiger partial charge in [0, 0.05) is 10.6 Å². The summed E-state index contributed by atoms with van der Waals surface area (Å²) in [6.45, 7) is 0. The molecule has 0 fully saturated rings. The SMILES string of the molecule is N#Cc1ccc(CSc2cc(F)ccc2F)c(F)c1. The molecule has 0 aliphatic heterocycles. The third-order valence-electron chi connectivity index (χ3n) is 2.46. The van der Waals surface area contributed by atoms with Crippen LogP contribution in [0.25, 0.3) is 0 Å². The van der Waals surface area contributed by atoms with Crippen LogP contribution in [0.5, 0.6) is 0 Å². The van der Waals surface area contributed by atoms with Gasteiger partial charge >= 0.3 is 0 Å². The molecule has 0 aromatic heterocycles. The Kier molecular flexibility index (Phi) is 4.13. The van der Waals surface area contributed by atoms with Gasteiger partial charge in [0.25, 0.3) is 0 Å². The van der Waals surface area contributed by atoms with Crippen LogP contribution in [0, 0.1) is 28.8 Å². The predicted octanol–water partition coefficient (Wildman–Crippen LogP) is 4.27. The van der Waals surface area contributed by atoms with E-state index in [-0.39, 0.29) is 16.2 Å². The number of nitriles is 1. The molecule has 1 nitrogen and oxygen atoms in total. The number of hydrogen-bond donors (Lipinski definition) is 0. The summed E-state index contributed by atoms with van der Waals surface area (Å²) in [6, 6.07) is 9.04. The first-order valence-electron chi connectivity index (χ1n) is 5.36. The van der Waals surface area contributed by atoms with Crippen molar-refractivity contribution in [2.75, 3.05) is 0 Å². The van der Waals surface area contributed by atoms with Crippen LogP contribution in [0.2, 0.25) is 0 Å². The maximum absolute atomic E-state index is 13.6. The van der Waals surface area contributed by atoms with Crippen molar-refractivity contribution in [3.63, 3.8) is 0 Å². The molecule has 5 heteroatoms. The fraction of sp³-hybridized carbons (Fsp3) is 0.0714. The number of benzene rings is 2.